The molecule has 0 spiro atoms. The van der Waals surface area contributed by atoms with Gasteiger partial charge in [0.1, 0.15) is 0 Å². The monoisotopic (exact) mass is 347 g/mol. The molecule has 94 valence electrons. The fraction of sp³-hybridized carbons (Fsp3) is 0.667. The van der Waals surface area contributed by atoms with Crippen molar-refractivity contribution in [3.8, 4) is 0 Å². The molecule has 1 saturated heterocycles. The van der Waals surface area contributed by atoms with Crippen molar-refractivity contribution >= 4 is 28.5 Å². The minimum absolute atomic E-state index is 0.173. The van der Waals surface area contributed by atoms with Crippen LogP contribution in [-0.4, -0.2) is 34.3 Å². The topological polar surface area (TPSA) is 38.2 Å². The highest BCUT2D eigenvalue weighted by Crippen LogP contribution is 2.29. The molecule has 0 aliphatic carbocycles. The standard InChI is InChI=1S/C12H18IN3O/c1-11(2)7-16(8-12(3,4)17-11)10-14-5-9(13)6-15-10/h5-6H,7-8H2,1-4H3. The lowest BCUT2D eigenvalue weighted by atomic mass is 9.99. The van der Waals surface area contributed by atoms with Crippen LogP contribution < -0.4 is 4.90 Å². The van der Waals surface area contributed by atoms with Gasteiger partial charge in [0.15, 0.2) is 0 Å². The molecule has 17 heavy (non-hydrogen) atoms. The van der Waals surface area contributed by atoms with Gasteiger partial charge >= 0.3 is 0 Å². The van der Waals surface area contributed by atoms with E-state index in [-0.39, 0.29) is 11.2 Å². The molecule has 5 heteroatoms. The predicted octanol–water partition coefficient (Wildman–Crippen LogP) is 2.48. The number of anilines is 1. The third-order valence-corrected chi connectivity index (χ3v) is 3.14. The van der Waals surface area contributed by atoms with Crippen LogP contribution in [0.3, 0.4) is 0 Å². The molecule has 0 amide bonds. The van der Waals surface area contributed by atoms with Crippen molar-refractivity contribution in [1.82, 2.24) is 9.97 Å². The van der Waals surface area contributed by atoms with Gasteiger partial charge in [-0.1, -0.05) is 0 Å². The van der Waals surface area contributed by atoms with E-state index in [0.29, 0.717) is 0 Å². The smallest absolute Gasteiger partial charge is 0.225 e. The van der Waals surface area contributed by atoms with Gasteiger partial charge in [-0.2, -0.15) is 0 Å². The first kappa shape index (κ1) is 13.0. The van der Waals surface area contributed by atoms with E-state index in [0.717, 1.165) is 22.6 Å². The van der Waals surface area contributed by atoms with Crippen LogP contribution in [0.5, 0.6) is 0 Å². The van der Waals surface area contributed by atoms with E-state index in [1.54, 1.807) is 0 Å². The molecule has 0 radical (unpaired) electrons. The molecular formula is C12H18IN3O. The number of ether oxygens (including phenoxy) is 1. The van der Waals surface area contributed by atoms with E-state index in [2.05, 4.69) is 65.2 Å². The summed E-state index contributed by atoms with van der Waals surface area (Å²) in [6.45, 7) is 10.1. The Morgan fingerprint density at radius 1 is 1.12 bits per heavy atom. The fourth-order valence-corrected chi connectivity index (χ4v) is 2.68. The van der Waals surface area contributed by atoms with Crippen LogP contribution >= 0.6 is 22.6 Å². The second kappa shape index (κ2) is 4.35. The van der Waals surface area contributed by atoms with E-state index in [1.807, 2.05) is 12.4 Å². The van der Waals surface area contributed by atoms with Crippen LogP contribution in [0, 0.1) is 3.57 Å². The predicted molar refractivity (Wildman–Crippen MR) is 76.2 cm³/mol. The molecular weight excluding hydrogens is 329 g/mol. The lowest BCUT2D eigenvalue weighted by Gasteiger charge is -2.47. The lowest BCUT2D eigenvalue weighted by molar-refractivity contribution is -0.133. The van der Waals surface area contributed by atoms with Crippen LogP contribution in [0.25, 0.3) is 0 Å². The van der Waals surface area contributed by atoms with Crippen molar-refractivity contribution < 1.29 is 4.74 Å². The van der Waals surface area contributed by atoms with Crippen LogP contribution in [0.15, 0.2) is 12.4 Å². The average Bonchev–Trinajstić information content (AvgIpc) is 2.13. The molecule has 0 atom stereocenters. The molecule has 0 unspecified atom stereocenters. The van der Waals surface area contributed by atoms with Crippen molar-refractivity contribution in [1.29, 1.82) is 0 Å². The first-order valence-electron chi connectivity index (χ1n) is 5.70. The summed E-state index contributed by atoms with van der Waals surface area (Å²) in [5.74, 6) is 0.787. The van der Waals surface area contributed by atoms with Gasteiger partial charge in [0.25, 0.3) is 0 Å². The third kappa shape index (κ3) is 3.28. The summed E-state index contributed by atoms with van der Waals surface area (Å²) in [5.41, 5.74) is -0.345. The molecule has 1 aromatic rings. The maximum atomic E-state index is 6.04. The summed E-state index contributed by atoms with van der Waals surface area (Å²) in [4.78, 5) is 11.0. The summed E-state index contributed by atoms with van der Waals surface area (Å²) in [7, 11) is 0. The molecule has 2 rings (SSSR count). The van der Waals surface area contributed by atoms with Crippen LogP contribution in [-0.2, 0) is 4.74 Å². The van der Waals surface area contributed by atoms with Gasteiger partial charge in [0.05, 0.1) is 11.2 Å². The number of halogens is 1. The Kier molecular flexibility index (Phi) is 3.33. The van der Waals surface area contributed by atoms with Crippen LogP contribution in [0.1, 0.15) is 27.7 Å². The molecule has 1 fully saturated rings. The van der Waals surface area contributed by atoms with Crippen molar-refractivity contribution in [2.45, 2.75) is 38.9 Å². The minimum atomic E-state index is -0.173. The molecule has 4 nitrogen and oxygen atoms in total. The Balaban J connectivity index is 2.24. The molecule has 0 saturated carbocycles. The van der Waals surface area contributed by atoms with Gasteiger partial charge in [-0.05, 0) is 50.3 Å². The first-order valence-corrected chi connectivity index (χ1v) is 6.78. The molecule has 0 aromatic carbocycles. The molecule has 1 aliphatic rings. The number of nitrogens with zero attached hydrogens (tertiary/aromatic N) is 3. The highest BCUT2D eigenvalue weighted by molar-refractivity contribution is 14.1. The highest BCUT2D eigenvalue weighted by atomic mass is 127. The second-order valence-corrected chi connectivity index (χ2v) is 6.92. The highest BCUT2D eigenvalue weighted by Gasteiger charge is 2.38. The molecule has 1 aliphatic heterocycles. The third-order valence-electron chi connectivity index (χ3n) is 2.59. The first-order chi connectivity index (χ1) is 7.77. The molecule has 0 N–H and O–H groups in total. The zero-order valence-corrected chi connectivity index (χ0v) is 12.9. The van der Waals surface area contributed by atoms with Gasteiger partial charge < -0.3 is 9.64 Å². The molecule has 0 bridgehead atoms. The van der Waals surface area contributed by atoms with Crippen molar-refractivity contribution in [3.05, 3.63) is 16.0 Å². The Morgan fingerprint density at radius 2 is 1.59 bits per heavy atom. The number of aromatic nitrogens is 2. The van der Waals surface area contributed by atoms with E-state index < -0.39 is 0 Å². The summed E-state index contributed by atoms with van der Waals surface area (Å²) in [5, 5.41) is 0. The van der Waals surface area contributed by atoms with E-state index in [4.69, 9.17) is 4.74 Å². The summed E-state index contributed by atoms with van der Waals surface area (Å²) >= 11 is 2.21. The minimum Gasteiger partial charge on any atom is -0.366 e. The summed E-state index contributed by atoms with van der Waals surface area (Å²) in [6, 6.07) is 0. The Morgan fingerprint density at radius 3 is 2.06 bits per heavy atom. The maximum Gasteiger partial charge on any atom is 0.225 e. The van der Waals surface area contributed by atoms with Gasteiger partial charge in [-0.25, -0.2) is 9.97 Å². The van der Waals surface area contributed by atoms with Crippen molar-refractivity contribution in [2.24, 2.45) is 0 Å². The van der Waals surface area contributed by atoms with E-state index in [9.17, 15) is 0 Å². The van der Waals surface area contributed by atoms with Gasteiger partial charge in [0, 0.05) is 29.1 Å². The second-order valence-electron chi connectivity index (χ2n) is 5.68. The Bertz CT molecular complexity index is 387. The number of hydrogen-bond donors (Lipinski definition) is 0. The number of hydrogen-bond acceptors (Lipinski definition) is 4. The number of rotatable bonds is 1. The zero-order valence-electron chi connectivity index (χ0n) is 10.7. The van der Waals surface area contributed by atoms with Crippen molar-refractivity contribution in [3.63, 3.8) is 0 Å². The summed E-state index contributed by atoms with van der Waals surface area (Å²) in [6.07, 6.45) is 3.69. The van der Waals surface area contributed by atoms with Crippen LogP contribution in [0.2, 0.25) is 0 Å². The number of morpholine rings is 1. The quantitative estimate of drug-likeness (QED) is 0.732. The van der Waals surface area contributed by atoms with E-state index in [1.165, 1.54) is 0 Å². The van der Waals surface area contributed by atoms with Crippen LogP contribution in [0.4, 0.5) is 5.95 Å². The zero-order chi connectivity index (χ0) is 12.7. The lowest BCUT2D eigenvalue weighted by Crippen LogP contribution is -2.57. The van der Waals surface area contributed by atoms with Gasteiger partial charge in [-0.3, -0.25) is 0 Å². The SMILES string of the molecule is CC1(C)CN(c2ncc(I)cn2)CC(C)(C)O1. The maximum absolute atomic E-state index is 6.04. The summed E-state index contributed by atoms with van der Waals surface area (Å²) < 4.78 is 7.09. The molecule has 2 heterocycles. The average molecular weight is 347 g/mol. The van der Waals surface area contributed by atoms with Gasteiger partial charge in [-0.15, -0.1) is 0 Å². The molecule has 1 aromatic heterocycles. The largest absolute Gasteiger partial charge is 0.366 e. The fourth-order valence-electron chi connectivity index (χ4n) is 2.40. The van der Waals surface area contributed by atoms with Gasteiger partial charge in [0.2, 0.25) is 5.95 Å². The Hall–Kier alpha value is -0.430. The van der Waals surface area contributed by atoms with E-state index >= 15 is 0 Å². The normalized spacial score (nSPS) is 22.5. The Labute approximate surface area is 116 Å². The van der Waals surface area contributed by atoms with Crippen molar-refractivity contribution in [2.75, 3.05) is 18.0 Å².